The van der Waals surface area contributed by atoms with Crippen molar-refractivity contribution < 1.29 is 17.6 Å². The molecule has 0 aliphatic heterocycles. The number of hydrogen-bond donors (Lipinski definition) is 1. The minimum absolute atomic E-state index is 0.00995. The molecule has 0 radical (unpaired) electrons. The lowest BCUT2D eigenvalue weighted by Crippen LogP contribution is -2.13. The zero-order valence-electron chi connectivity index (χ0n) is 18.8. The highest BCUT2D eigenvalue weighted by molar-refractivity contribution is 7.92. The van der Waals surface area contributed by atoms with Gasteiger partial charge in [0.15, 0.2) is 5.78 Å². The van der Waals surface area contributed by atoms with Crippen molar-refractivity contribution in [3.05, 3.63) is 71.7 Å². The Hall–Kier alpha value is -3.39. The van der Waals surface area contributed by atoms with E-state index < -0.39 is 15.8 Å². The molecular weight excluding hydrogens is 441 g/mol. The molecular formula is C25H24FN3O3S. The fraction of sp³-hybridized carbons (Fsp3) is 0.240. The smallest absolute Gasteiger partial charge is 0.229 e. The molecule has 0 fully saturated rings. The van der Waals surface area contributed by atoms with E-state index in [1.165, 1.54) is 18.3 Å². The summed E-state index contributed by atoms with van der Waals surface area (Å²) in [5.41, 5.74) is 3.81. The Balaban J connectivity index is 1.88. The maximum Gasteiger partial charge on any atom is 0.229 e. The molecule has 1 aliphatic carbocycles. The van der Waals surface area contributed by atoms with Crippen LogP contribution in [0.15, 0.2) is 54.8 Å². The number of aromatic nitrogens is 2. The molecule has 0 bridgehead atoms. The van der Waals surface area contributed by atoms with Crippen LogP contribution in [-0.4, -0.2) is 30.4 Å². The zero-order valence-corrected chi connectivity index (χ0v) is 19.6. The second-order valence-corrected chi connectivity index (χ2v) is 10.8. The Morgan fingerprint density at radius 2 is 1.85 bits per heavy atom. The van der Waals surface area contributed by atoms with Crippen molar-refractivity contribution in [1.29, 1.82) is 0 Å². The van der Waals surface area contributed by atoms with E-state index >= 15 is 0 Å². The summed E-state index contributed by atoms with van der Waals surface area (Å²) in [7, 11) is -3.52. The lowest BCUT2D eigenvalue weighted by Gasteiger charge is -2.22. The topological polar surface area (TPSA) is 89.0 Å². The highest BCUT2D eigenvalue weighted by atomic mass is 32.2. The number of carbonyl (C=O) groups is 1. The molecule has 0 saturated heterocycles. The lowest BCUT2D eigenvalue weighted by molar-refractivity contribution is -0.113. The average molecular weight is 466 g/mol. The number of anilines is 1. The summed E-state index contributed by atoms with van der Waals surface area (Å²) in [6, 6.07) is 7.94. The number of carbonyl (C=O) groups excluding carboxylic acids is 1. The van der Waals surface area contributed by atoms with Crippen LogP contribution in [-0.2, 0) is 20.2 Å². The molecule has 0 saturated carbocycles. The molecule has 3 aromatic rings. The number of ketones is 1. The van der Waals surface area contributed by atoms with Gasteiger partial charge in [0.1, 0.15) is 5.82 Å². The summed E-state index contributed by atoms with van der Waals surface area (Å²) in [5.74, 6) is -0.615. The SMILES string of the molecule is CC(C)(C)c1cc(C2=CC=CCC2=O)c2ncc(-c3ccc(NS(C)(=O)=O)cc3F)nc2c1. The molecule has 2 aromatic carbocycles. The van der Waals surface area contributed by atoms with E-state index in [1.54, 1.807) is 6.08 Å². The predicted octanol–water partition coefficient (Wildman–Crippen LogP) is 5.02. The lowest BCUT2D eigenvalue weighted by atomic mass is 9.83. The number of sulfonamides is 1. The van der Waals surface area contributed by atoms with Gasteiger partial charge in [-0.05, 0) is 41.3 Å². The van der Waals surface area contributed by atoms with Crippen molar-refractivity contribution in [3.63, 3.8) is 0 Å². The van der Waals surface area contributed by atoms with Crippen LogP contribution in [0, 0.1) is 5.82 Å². The first kappa shape index (κ1) is 22.8. The maximum absolute atomic E-state index is 14.8. The van der Waals surface area contributed by atoms with E-state index in [2.05, 4.69) is 35.5 Å². The van der Waals surface area contributed by atoms with Gasteiger partial charge in [0.25, 0.3) is 0 Å². The maximum atomic E-state index is 14.8. The number of allylic oxidation sites excluding steroid dienone is 4. The van der Waals surface area contributed by atoms with Gasteiger partial charge >= 0.3 is 0 Å². The van der Waals surface area contributed by atoms with Crippen LogP contribution in [0.1, 0.15) is 38.3 Å². The third-order valence-corrected chi connectivity index (χ3v) is 5.96. The van der Waals surface area contributed by atoms with Gasteiger partial charge < -0.3 is 0 Å². The molecule has 0 unspecified atom stereocenters. The fourth-order valence-electron chi connectivity index (χ4n) is 3.68. The Bertz CT molecular complexity index is 1450. The number of Topliss-reactive ketones (excluding diaryl/α,β-unsaturated/α-hetero) is 1. The minimum Gasteiger partial charge on any atom is -0.294 e. The van der Waals surface area contributed by atoms with Crippen molar-refractivity contribution in [2.45, 2.75) is 32.6 Å². The van der Waals surface area contributed by atoms with Crippen molar-refractivity contribution in [2.75, 3.05) is 11.0 Å². The predicted molar refractivity (Wildman–Crippen MR) is 129 cm³/mol. The standard InChI is InChI=1S/C25H24FN3O3S/c1-25(2,3)15-11-19(17-7-5-6-8-23(17)30)24-21(12-15)28-22(14-27-24)18-10-9-16(13-20(18)26)29-33(4,31)32/h5-7,9-14,29H,8H2,1-4H3. The van der Waals surface area contributed by atoms with Gasteiger partial charge in [-0.25, -0.2) is 17.8 Å². The molecule has 4 rings (SSSR count). The zero-order chi connectivity index (χ0) is 24.0. The molecule has 0 atom stereocenters. The van der Waals surface area contributed by atoms with Crippen LogP contribution in [0.2, 0.25) is 0 Å². The molecule has 6 nitrogen and oxygen atoms in total. The van der Waals surface area contributed by atoms with Gasteiger partial charge in [0, 0.05) is 23.1 Å². The van der Waals surface area contributed by atoms with Crippen LogP contribution in [0.4, 0.5) is 10.1 Å². The first-order valence-corrected chi connectivity index (χ1v) is 12.3. The summed E-state index contributed by atoms with van der Waals surface area (Å²) in [5, 5.41) is 0. The van der Waals surface area contributed by atoms with Gasteiger partial charge in [0.05, 0.1) is 34.9 Å². The van der Waals surface area contributed by atoms with E-state index in [4.69, 9.17) is 0 Å². The number of nitrogens with one attached hydrogen (secondary N) is 1. The molecule has 1 N–H and O–H groups in total. The van der Waals surface area contributed by atoms with E-state index in [0.717, 1.165) is 17.9 Å². The van der Waals surface area contributed by atoms with Crippen molar-refractivity contribution >= 4 is 38.1 Å². The van der Waals surface area contributed by atoms with E-state index in [9.17, 15) is 17.6 Å². The summed E-state index contributed by atoms with van der Waals surface area (Å²) in [6.45, 7) is 6.21. The van der Waals surface area contributed by atoms with Crippen LogP contribution < -0.4 is 4.72 Å². The molecule has 1 aliphatic rings. The largest absolute Gasteiger partial charge is 0.294 e. The third-order valence-electron chi connectivity index (χ3n) is 5.35. The van der Waals surface area contributed by atoms with E-state index in [1.807, 2.05) is 24.3 Å². The van der Waals surface area contributed by atoms with Gasteiger partial charge in [-0.2, -0.15) is 0 Å². The minimum atomic E-state index is -3.52. The molecule has 8 heteroatoms. The van der Waals surface area contributed by atoms with Gasteiger partial charge in [-0.3, -0.25) is 14.5 Å². The first-order chi connectivity index (χ1) is 15.4. The van der Waals surface area contributed by atoms with Crippen LogP contribution in [0.5, 0.6) is 0 Å². The van der Waals surface area contributed by atoms with Gasteiger partial charge in [0.2, 0.25) is 10.0 Å². The summed E-state index contributed by atoms with van der Waals surface area (Å²) < 4.78 is 39.9. The van der Waals surface area contributed by atoms with Gasteiger partial charge in [-0.1, -0.05) is 39.0 Å². The Morgan fingerprint density at radius 1 is 1.09 bits per heavy atom. The number of rotatable bonds is 4. The third kappa shape index (κ3) is 4.85. The molecule has 1 aromatic heterocycles. The van der Waals surface area contributed by atoms with Crippen LogP contribution in [0.25, 0.3) is 27.9 Å². The highest BCUT2D eigenvalue weighted by Crippen LogP contribution is 2.34. The number of nitrogens with zero attached hydrogens (tertiary/aromatic N) is 2. The van der Waals surface area contributed by atoms with Crippen LogP contribution >= 0.6 is 0 Å². The van der Waals surface area contributed by atoms with E-state index in [-0.39, 0.29) is 22.4 Å². The number of fused-ring (bicyclic) bond motifs is 1. The van der Waals surface area contributed by atoms with E-state index in [0.29, 0.717) is 34.3 Å². The van der Waals surface area contributed by atoms with Crippen molar-refractivity contribution in [3.8, 4) is 11.3 Å². The number of halogens is 1. The fourth-order valence-corrected chi connectivity index (χ4v) is 4.23. The Labute approximate surface area is 192 Å². The quantitative estimate of drug-likeness (QED) is 0.585. The highest BCUT2D eigenvalue weighted by Gasteiger charge is 2.22. The summed E-state index contributed by atoms with van der Waals surface area (Å²) in [4.78, 5) is 21.8. The second kappa shape index (κ2) is 8.19. The molecule has 0 spiro atoms. The molecule has 170 valence electrons. The monoisotopic (exact) mass is 465 g/mol. The first-order valence-electron chi connectivity index (χ1n) is 10.4. The Kier molecular flexibility index (Phi) is 5.66. The van der Waals surface area contributed by atoms with Crippen molar-refractivity contribution in [2.24, 2.45) is 0 Å². The number of hydrogen-bond acceptors (Lipinski definition) is 5. The molecule has 0 amide bonds. The summed E-state index contributed by atoms with van der Waals surface area (Å²) in [6.07, 6.45) is 8.26. The van der Waals surface area contributed by atoms with Gasteiger partial charge in [-0.15, -0.1) is 0 Å². The molecule has 33 heavy (non-hydrogen) atoms. The summed E-state index contributed by atoms with van der Waals surface area (Å²) >= 11 is 0. The van der Waals surface area contributed by atoms with Crippen LogP contribution in [0.3, 0.4) is 0 Å². The molecule has 1 heterocycles. The second-order valence-electron chi connectivity index (χ2n) is 9.10. The Morgan fingerprint density at radius 3 is 2.48 bits per heavy atom. The number of benzene rings is 2. The normalized spacial score (nSPS) is 14.5. The average Bonchev–Trinajstić information content (AvgIpc) is 2.71. The van der Waals surface area contributed by atoms with Crippen molar-refractivity contribution in [1.82, 2.24) is 9.97 Å².